The zero-order valence-electron chi connectivity index (χ0n) is 20.9. The molecule has 184 valence electrons. The molecule has 0 fully saturated rings. The topological polar surface area (TPSA) is 60.9 Å². The molecule has 0 aliphatic carbocycles. The maximum Gasteiger partial charge on any atom is 0.247 e. The third-order valence-corrected chi connectivity index (χ3v) is 6.49. The van der Waals surface area contributed by atoms with Gasteiger partial charge in [0.1, 0.15) is 12.0 Å². The highest BCUT2D eigenvalue weighted by molar-refractivity contribution is 6.24. The van der Waals surface area contributed by atoms with Crippen molar-refractivity contribution >= 4 is 40.5 Å². The third-order valence-electron chi connectivity index (χ3n) is 6.49. The molecule has 1 atom stereocenters. The lowest BCUT2D eigenvalue weighted by Crippen LogP contribution is -2.52. The summed E-state index contributed by atoms with van der Waals surface area (Å²) in [5.74, 6) is -1.02. The molecule has 3 aromatic rings. The molecule has 3 aromatic carbocycles. The minimum absolute atomic E-state index is 0.126. The van der Waals surface area contributed by atoms with Crippen molar-refractivity contribution in [3.8, 4) is 0 Å². The van der Waals surface area contributed by atoms with Crippen LogP contribution in [0.25, 0.3) is 0 Å². The first-order valence-electron chi connectivity index (χ1n) is 12.1. The van der Waals surface area contributed by atoms with Gasteiger partial charge in [0.15, 0.2) is 0 Å². The van der Waals surface area contributed by atoms with Gasteiger partial charge in [-0.3, -0.25) is 24.2 Å². The Balaban J connectivity index is 1.85. The van der Waals surface area contributed by atoms with Crippen LogP contribution >= 0.6 is 0 Å². The average molecular weight is 482 g/mol. The van der Waals surface area contributed by atoms with Gasteiger partial charge in [-0.2, -0.15) is 0 Å². The summed E-state index contributed by atoms with van der Waals surface area (Å²) >= 11 is 0. The van der Waals surface area contributed by atoms with Crippen LogP contribution in [0.3, 0.4) is 0 Å². The van der Waals surface area contributed by atoms with E-state index in [2.05, 4.69) is 6.58 Å². The van der Waals surface area contributed by atoms with Crippen LogP contribution in [-0.4, -0.2) is 30.3 Å². The number of fused-ring (bicyclic) bond motifs is 1. The van der Waals surface area contributed by atoms with Crippen LogP contribution in [-0.2, 0) is 14.4 Å². The summed E-state index contributed by atoms with van der Waals surface area (Å²) in [6, 6.07) is 25.8. The van der Waals surface area contributed by atoms with Crippen molar-refractivity contribution in [2.75, 3.05) is 21.2 Å². The molecular weight excluding hydrogens is 450 g/mol. The van der Waals surface area contributed by atoms with E-state index < -0.39 is 11.3 Å². The van der Waals surface area contributed by atoms with E-state index in [1.165, 1.54) is 4.90 Å². The first-order valence-corrected chi connectivity index (χ1v) is 12.1. The predicted octanol–water partition coefficient (Wildman–Crippen LogP) is 5.72. The van der Waals surface area contributed by atoms with Crippen LogP contribution in [0.15, 0.2) is 97.6 Å². The van der Waals surface area contributed by atoms with E-state index in [-0.39, 0.29) is 30.8 Å². The molecule has 3 amide bonds. The van der Waals surface area contributed by atoms with Gasteiger partial charge in [0.05, 0.1) is 11.4 Å². The van der Waals surface area contributed by atoms with Crippen molar-refractivity contribution in [2.45, 2.75) is 33.2 Å². The molecule has 1 heterocycles. The highest BCUT2D eigenvalue weighted by Crippen LogP contribution is 2.44. The van der Waals surface area contributed by atoms with Crippen molar-refractivity contribution in [1.82, 2.24) is 0 Å². The Labute approximate surface area is 212 Å². The largest absolute Gasteiger partial charge is 0.308 e. The number of amides is 3. The molecule has 6 nitrogen and oxygen atoms in total. The normalized spacial score (nSPS) is 17.6. The number of rotatable bonds is 7. The number of allylic oxidation sites excluding steroid dienone is 1. The molecule has 0 saturated heterocycles. The molecule has 0 saturated carbocycles. The molecule has 36 heavy (non-hydrogen) atoms. The van der Waals surface area contributed by atoms with E-state index in [0.29, 0.717) is 17.1 Å². The van der Waals surface area contributed by atoms with E-state index in [0.717, 1.165) is 5.69 Å². The van der Waals surface area contributed by atoms with Crippen LogP contribution < -0.4 is 14.7 Å². The van der Waals surface area contributed by atoms with E-state index in [1.807, 2.05) is 92.7 Å². The average Bonchev–Trinajstić information content (AvgIpc) is 2.94. The summed E-state index contributed by atoms with van der Waals surface area (Å²) in [7, 11) is 0. The van der Waals surface area contributed by atoms with Crippen molar-refractivity contribution < 1.29 is 14.4 Å². The Kier molecular flexibility index (Phi) is 7.06. The lowest BCUT2D eigenvalue weighted by molar-refractivity contribution is -0.139. The van der Waals surface area contributed by atoms with Crippen molar-refractivity contribution in [1.29, 1.82) is 0 Å². The van der Waals surface area contributed by atoms with Gasteiger partial charge in [0.2, 0.25) is 17.7 Å². The Bertz CT molecular complexity index is 1270. The Hall–Kier alpha value is -4.19. The number of hydrogen-bond donors (Lipinski definition) is 0. The van der Waals surface area contributed by atoms with Gasteiger partial charge in [-0.05, 0) is 63.6 Å². The smallest absolute Gasteiger partial charge is 0.247 e. The fraction of sp³-hybridized carbons (Fsp3) is 0.233. The Morgan fingerprint density at radius 3 is 2.03 bits per heavy atom. The number of para-hydroxylation sites is 4. The maximum absolute atomic E-state index is 14.1. The molecule has 1 unspecified atom stereocenters. The van der Waals surface area contributed by atoms with Gasteiger partial charge in [0.25, 0.3) is 0 Å². The highest BCUT2D eigenvalue weighted by Gasteiger charge is 2.50. The molecule has 0 N–H and O–H groups in total. The Morgan fingerprint density at radius 1 is 0.889 bits per heavy atom. The Morgan fingerprint density at radius 2 is 1.44 bits per heavy atom. The maximum atomic E-state index is 14.1. The second kappa shape index (κ2) is 10.2. The zero-order valence-corrected chi connectivity index (χ0v) is 20.9. The van der Waals surface area contributed by atoms with Crippen LogP contribution in [0.2, 0.25) is 0 Å². The lowest BCUT2D eigenvalue weighted by atomic mass is 9.83. The van der Waals surface area contributed by atoms with E-state index in [1.54, 1.807) is 28.9 Å². The van der Waals surface area contributed by atoms with Crippen LogP contribution in [0, 0.1) is 5.41 Å². The quantitative estimate of drug-likeness (QED) is 0.320. The third kappa shape index (κ3) is 4.42. The second-order valence-electron chi connectivity index (χ2n) is 9.37. The van der Waals surface area contributed by atoms with Gasteiger partial charge in [-0.25, -0.2) is 0 Å². The summed E-state index contributed by atoms with van der Waals surface area (Å²) in [5.41, 5.74) is 1.03. The van der Waals surface area contributed by atoms with E-state index in [9.17, 15) is 14.4 Å². The molecular formula is C30H31N3O3. The minimum Gasteiger partial charge on any atom is -0.308 e. The predicted molar refractivity (Wildman–Crippen MR) is 144 cm³/mol. The van der Waals surface area contributed by atoms with Crippen molar-refractivity contribution in [2.24, 2.45) is 5.41 Å². The molecule has 0 bridgehead atoms. The summed E-state index contributed by atoms with van der Waals surface area (Å²) < 4.78 is 0. The number of nitrogens with zero attached hydrogens (tertiary/aromatic N) is 3. The fourth-order valence-electron chi connectivity index (χ4n) is 4.72. The minimum atomic E-state index is -1.44. The lowest BCUT2D eigenvalue weighted by Gasteiger charge is -2.33. The summed E-state index contributed by atoms with van der Waals surface area (Å²) in [4.78, 5) is 46.7. The molecule has 0 spiro atoms. The van der Waals surface area contributed by atoms with Crippen LogP contribution in [0.1, 0.15) is 27.2 Å². The van der Waals surface area contributed by atoms with Gasteiger partial charge < -0.3 is 4.90 Å². The molecule has 1 aliphatic rings. The number of anilines is 4. The second-order valence-corrected chi connectivity index (χ2v) is 9.37. The van der Waals surface area contributed by atoms with Crippen LogP contribution in [0.5, 0.6) is 0 Å². The van der Waals surface area contributed by atoms with Gasteiger partial charge in [-0.1, -0.05) is 54.6 Å². The standard InChI is InChI=1S/C30H31N3O3/c1-5-20-30(4)28(35)31(21-27(34)32(22(2)3)23-14-8-6-9-15-23)25-18-12-13-19-26(25)33(29(30)36)24-16-10-7-11-17-24/h5-19,22H,1,20-21H2,2-4H3. The first-order chi connectivity index (χ1) is 17.3. The molecule has 0 aromatic heterocycles. The monoisotopic (exact) mass is 481 g/mol. The number of carbonyl (C=O) groups is 3. The number of hydrogen-bond acceptors (Lipinski definition) is 3. The van der Waals surface area contributed by atoms with Crippen molar-refractivity contribution in [3.63, 3.8) is 0 Å². The van der Waals surface area contributed by atoms with E-state index >= 15 is 0 Å². The molecule has 0 radical (unpaired) electrons. The van der Waals surface area contributed by atoms with Gasteiger partial charge in [-0.15, -0.1) is 6.58 Å². The number of carbonyl (C=O) groups excluding carboxylic acids is 3. The van der Waals surface area contributed by atoms with E-state index in [4.69, 9.17) is 0 Å². The fourth-order valence-corrected chi connectivity index (χ4v) is 4.72. The first kappa shape index (κ1) is 24.9. The highest BCUT2D eigenvalue weighted by atomic mass is 16.2. The summed E-state index contributed by atoms with van der Waals surface area (Å²) in [6.45, 7) is 9.11. The number of benzene rings is 3. The molecule has 1 aliphatic heterocycles. The molecule has 6 heteroatoms. The summed E-state index contributed by atoms with van der Waals surface area (Å²) in [6.07, 6.45) is 1.72. The van der Waals surface area contributed by atoms with Crippen LogP contribution in [0.4, 0.5) is 22.7 Å². The zero-order chi connectivity index (χ0) is 25.9. The summed E-state index contributed by atoms with van der Waals surface area (Å²) in [5, 5.41) is 0. The van der Waals surface area contributed by atoms with Gasteiger partial charge in [0, 0.05) is 17.4 Å². The molecule has 4 rings (SSSR count). The SMILES string of the molecule is C=CCC1(C)C(=O)N(CC(=O)N(c2ccccc2)C(C)C)c2ccccc2N(c2ccccc2)C1=O. The van der Waals surface area contributed by atoms with Gasteiger partial charge >= 0.3 is 0 Å². The van der Waals surface area contributed by atoms with Crippen molar-refractivity contribution in [3.05, 3.63) is 97.6 Å².